The lowest BCUT2D eigenvalue weighted by Gasteiger charge is -2.37. The molecule has 162 valence electrons. The zero-order chi connectivity index (χ0) is 22.0. The Morgan fingerprint density at radius 3 is 2.45 bits per heavy atom. The van der Waals surface area contributed by atoms with E-state index in [2.05, 4.69) is 54.0 Å². The summed E-state index contributed by atoms with van der Waals surface area (Å²) in [5.74, 6) is 0.492. The first-order valence-electron chi connectivity index (χ1n) is 10.5. The van der Waals surface area contributed by atoms with E-state index < -0.39 is 0 Å². The SMILES string of the molecule is CC(C)c1ccc(/C=C2/SC(=S)N(CN3CCN(c4cccc(Cl)c4)CC3)C2=O)cc1. The summed E-state index contributed by atoms with van der Waals surface area (Å²) < 4.78 is 0.632. The maximum Gasteiger partial charge on any atom is 0.267 e. The van der Waals surface area contributed by atoms with Crippen LogP contribution in [-0.4, -0.2) is 52.9 Å². The Balaban J connectivity index is 1.36. The number of benzene rings is 2. The van der Waals surface area contributed by atoms with Crippen molar-refractivity contribution in [3.63, 3.8) is 0 Å². The van der Waals surface area contributed by atoms with Crippen LogP contribution in [0.3, 0.4) is 0 Å². The van der Waals surface area contributed by atoms with Crippen LogP contribution < -0.4 is 4.90 Å². The van der Waals surface area contributed by atoms with E-state index in [4.69, 9.17) is 23.8 Å². The largest absolute Gasteiger partial charge is 0.369 e. The van der Waals surface area contributed by atoms with Crippen molar-refractivity contribution in [2.75, 3.05) is 37.7 Å². The van der Waals surface area contributed by atoms with Gasteiger partial charge in [-0.25, -0.2) is 0 Å². The fraction of sp³-hybridized carbons (Fsp3) is 0.333. The molecule has 4 rings (SSSR count). The second-order valence-electron chi connectivity index (χ2n) is 8.16. The van der Waals surface area contributed by atoms with Gasteiger partial charge in [-0.2, -0.15) is 0 Å². The summed E-state index contributed by atoms with van der Waals surface area (Å²) in [5, 5.41) is 0.753. The lowest BCUT2D eigenvalue weighted by atomic mass is 10.0. The fourth-order valence-electron chi connectivity index (χ4n) is 3.77. The number of amides is 1. The molecule has 7 heteroatoms. The molecule has 1 amide bonds. The minimum absolute atomic E-state index is 0.000192. The lowest BCUT2D eigenvalue weighted by Crippen LogP contribution is -2.50. The fourth-order valence-corrected chi connectivity index (χ4v) is 5.20. The summed E-state index contributed by atoms with van der Waals surface area (Å²) in [4.78, 5) is 20.0. The Labute approximate surface area is 198 Å². The first kappa shape index (κ1) is 22.3. The molecule has 0 saturated carbocycles. The number of nitrogens with zero attached hydrogens (tertiary/aromatic N) is 3. The quantitative estimate of drug-likeness (QED) is 0.427. The minimum Gasteiger partial charge on any atom is -0.369 e. The van der Waals surface area contributed by atoms with E-state index in [9.17, 15) is 4.79 Å². The summed E-state index contributed by atoms with van der Waals surface area (Å²) in [6.07, 6.45) is 1.94. The molecule has 0 bridgehead atoms. The van der Waals surface area contributed by atoms with Gasteiger partial charge in [-0.15, -0.1) is 0 Å². The number of rotatable bonds is 5. The van der Waals surface area contributed by atoms with Crippen LogP contribution in [0.5, 0.6) is 0 Å². The van der Waals surface area contributed by atoms with Gasteiger partial charge >= 0.3 is 0 Å². The van der Waals surface area contributed by atoms with E-state index in [-0.39, 0.29) is 5.91 Å². The van der Waals surface area contributed by atoms with Gasteiger partial charge < -0.3 is 4.90 Å². The van der Waals surface area contributed by atoms with Crippen molar-refractivity contribution < 1.29 is 4.79 Å². The number of halogens is 1. The highest BCUT2D eigenvalue weighted by Crippen LogP contribution is 2.33. The standard InChI is InChI=1S/C24H26ClN3OS2/c1-17(2)19-8-6-18(7-9-19)14-22-23(29)28(24(30)31-22)16-26-10-12-27(13-11-26)21-5-3-4-20(25)15-21/h3-9,14-15,17H,10-13,16H2,1-2H3/b22-14+. The first-order valence-corrected chi connectivity index (χ1v) is 12.1. The molecule has 0 unspecified atom stereocenters. The molecule has 0 aliphatic carbocycles. The summed E-state index contributed by atoms with van der Waals surface area (Å²) >= 11 is 13.0. The Kier molecular flexibility index (Phi) is 7.02. The molecular formula is C24H26ClN3OS2. The van der Waals surface area contributed by atoms with E-state index in [1.165, 1.54) is 17.3 Å². The highest BCUT2D eigenvalue weighted by atomic mass is 35.5. The van der Waals surface area contributed by atoms with Crippen LogP contribution >= 0.6 is 35.6 Å². The van der Waals surface area contributed by atoms with Gasteiger partial charge in [0.25, 0.3) is 5.91 Å². The zero-order valence-corrected chi connectivity index (χ0v) is 20.1. The Bertz CT molecular complexity index is 998. The van der Waals surface area contributed by atoms with Crippen LogP contribution in [0.1, 0.15) is 30.9 Å². The van der Waals surface area contributed by atoms with E-state index in [0.717, 1.165) is 42.5 Å². The van der Waals surface area contributed by atoms with Gasteiger partial charge in [0, 0.05) is 36.9 Å². The van der Waals surface area contributed by atoms with Crippen molar-refractivity contribution in [1.29, 1.82) is 0 Å². The predicted molar refractivity (Wildman–Crippen MR) is 136 cm³/mol. The van der Waals surface area contributed by atoms with Crippen LogP contribution in [0.25, 0.3) is 6.08 Å². The molecule has 2 fully saturated rings. The molecule has 0 radical (unpaired) electrons. The van der Waals surface area contributed by atoms with E-state index >= 15 is 0 Å². The van der Waals surface area contributed by atoms with Gasteiger partial charge in [-0.1, -0.05) is 79.8 Å². The molecular weight excluding hydrogens is 446 g/mol. The normalized spacial score (nSPS) is 19.2. The summed E-state index contributed by atoms with van der Waals surface area (Å²) in [5.41, 5.74) is 3.46. The predicted octanol–water partition coefficient (Wildman–Crippen LogP) is 5.44. The number of piperazine rings is 1. The zero-order valence-electron chi connectivity index (χ0n) is 17.8. The van der Waals surface area contributed by atoms with Crippen molar-refractivity contribution in [3.8, 4) is 0 Å². The number of carbonyl (C=O) groups excluding carboxylic acids is 1. The van der Waals surface area contributed by atoms with E-state index in [0.29, 0.717) is 21.8 Å². The third kappa shape index (κ3) is 5.32. The van der Waals surface area contributed by atoms with E-state index in [1.807, 2.05) is 24.3 Å². The van der Waals surface area contributed by atoms with Crippen LogP contribution in [-0.2, 0) is 4.79 Å². The average molecular weight is 472 g/mol. The molecule has 2 aliphatic heterocycles. The number of hydrogen-bond donors (Lipinski definition) is 0. The van der Waals surface area contributed by atoms with Crippen LogP contribution in [0.2, 0.25) is 5.02 Å². The van der Waals surface area contributed by atoms with Crippen molar-refractivity contribution >= 4 is 57.6 Å². The highest BCUT2D eigenvalue weighted by Gasteiger charge is 2.33. The van der Waals surface area contributed by atoms with Crippen molar-refractivity contribution in [2.45, 2.75) is 19.8 Å². The van der Waals surface area contributed by atoms with Gasteiger partial charge in [-0.05, 0) is 41.3 Å². The number of hydrogen-bond acceptors (Lipinski definition) is 5. The Morgan fingerprint density at radius 2 is 1.81 bits per heavy atom. The van der Waals surface area contributed by atoms with Gasteiger partial charge in [0.15, 0.2) is 0 Å². The maximum atomic E-state index is 13.0. The number of thioether (sulfide) groups is 1. The smallest absolute Gasteiger partial charge is 0.267 e. The molecule has 2 saturated heterocycles. The maximum absolute atomic E-state index is 13.0. The topological polar surface area (TPSA) is 26.8 Å². The molecule has 2 aromatic carbocycles. The molecule has 0 atom stereocenters. The van der Waals surface area contributed by atoms with Crippen molar-refractivity contribution in [3.05, 3.63) is 69.6 Å². The Morgan fingerprint density at radius 1 is 1.10 bits per heavy atom. The van der Waals surface area contributed by atoms with Crippen LogP contribution in [0.4, 0.5) is 5.69 Å². The number of thiocarbonyl (C=S) groups is 1. The highest BCUT2D eigenvalue weighted by molar-refractivity contribution is 8.26. The molecule has 0 aromatic heterocycles. The van der Waals surface area contributed by atoms with Gasteiger partial charge in [0.1, 0.15) is 4.32 Å². The molecule has 2 aliphatic rings. The minimum atomic E-state index is 0.000192. The average Bonchev–Trinajstić information content (AvgIpc) is 3.02. The van der Waals surface area contributed by atoms with Crippen molar-refractivity contribution in [2.24, 2.45) is 0 Å². The third-order valence-electron chi connectivity index (χ3n) is 5.66. The van der Waals surface area contributed by atoms with Gasteiger partial charge in [0.05, 0.1) is 11.6 Å². The monoisotopic (exact) mass is 471 g/mol. The molecule has 0 N–H and O–H groups in total. The first-order chi connectivity index (χ1) is 14.9. The van der Waals surface area contributed by atoms with Gasteiger partial charge in [-0.3, -0.25) is 14.6 Å². The van der Waals surface area contributed by atoms with E-state index in [1.54, 1.807) is 4.90 Å². The molecule has 31 heavy (non-hydrogen) atoms. The number of carbonyl (C=O) groups is 1. The second-order valence-corrected chi connectivity index (χ2v) is 10.3. The van der Waals surface area contributed by atoms with Crippen LogP contribution in [0, 0.1) is 0 Å². The summed E-state index contributed by atoms with van der Waals surface area (Å²) in [6, 6.07) is 16.3. The lowest BCUT2D eigenvalue weighted by molar-refractivity contribution is -0.123. The summed E-state index contributed by atoms with van der Waals surface area (Å²) in [6.45, 7) is 8.43. The van der Waals surface area contributed by atoms with Crippen molar-refractivity contribution in [1.82, 2.24) is 9.80 Å². The summed E-state index contributed by atoms with van der Waals surface area (Å²) in [7, 11) is 0. The molecule has 4 nitrogen and oxygen atoms in total. The molecule has 2 heterocycles. The Hall–Kier alpha value is -1.86. The van der Waals surface area contributed by atoms with Crippen LogP contribution in [0.15, 0.2) is 53.4 Å². The second kappa shape index (κ2) is 9.74. The third-order valence-corrected chi connectivity index (χ3v) is 7.27. The molecule has 0 spiro atoms. The molecule has 2 aromatic rings. The van der Waals surface area contributed by atoms with Gasteiger partial charge in [0.2, 0.25) is 0 Å². The number of anilines is 1.